The quantitative estimate of drug-likeness (QED) is 0.719. The lowest BCUT2D eigenvalue weighted by Gasteiger charge is -2.22. The molecule has 0 spiro atoms. The Kier molecular flexibility index (Phi) is 5.30. The molecule has 1 N–H and O–H groups in total. The van der Waals surface area contributed by atoms with Crippen LogP contribution in [0, 0.1) is 0 Å². The van der Waals surface area contributed by atoms with Crippen molar-refractivity contribution in [2.75, 3.05) is 20.6 Å². The van der Waals surface area contributed by atoms with E-state index in [1.165, 1.54) is 0 Å². The Morgan fingerprint density at radius 3 is 2.64 bits per heavy atom. The van der Waals surface area contributed by atoms with Crippen LogP contribution in [0.2, 0.25) is 0 Å². The largest absolute Gasteiger partial charge is 0.468 e. The fourth-order valence-electron chi connectivity index (χ4n) is 2.67. The Balaban J connectivity index is 1.55. The van der Waals surface area contributed by atoms with Gasteiger partial charge in [-0.1, -0.05) is 12.1 Å². The number of aromatic nitrogens is 2. The van der Waals surface area contributed by atoms with Crippen LogP contribution in [0.5, 0.6) is 0 Å². The molecule has 0 bridgehead atoms. The summed E-state index contributed by atoms with van der Waals surface area (Å²) in [6.07, 6.45) is 5.62. The number of hydrogen-bond donors (Lipinski definition) is 1. The first-order valence-corrected chi connectivity index (χ1v) is 8.19. The summed E-state index contributed by atoms with van der Waals surface area (Å²) in [5, 5.41) is 7.18. The normalized spacial score (nSPS) is 12.3. The maximum atomic E-state index is 12.2. The molecular weight excluding hydrogens is 316 g/mol. The summed E-state index contributed by atoms with van der Waals surface area (Å²) in [5.41, 5.74) is 1.94. The Morgan fingerprint density at radius 2 is 2.04 bits per heavy atom. The van der Waals surface area contributed by atoms with Gasteiger partial charge in [-0.2, -0.15) is 5.10 Å². The SMILES string of the molecule is CN(C)C(CNC(=O)Cc1ccc(-n2cccn2)cc1)c1ccco1. The number of carbonyl (C=O) groups excluding carboxylic acids is 1. The molecule has 1 amide bonds. The van der Waals surface area contributed by atoms with Crippen LogP contribution in [0.25, 0.3) is 5.69 Å². The summed E-state index contributed by atoms with van der Waals surface area (Å²) in [7, 11) is 3.93. The zero-order valence-corrected chi connectivity index (χ0v) is 14.4. The van der Waals surface area contributed by atoms with Gasteiger partial charge in [0.05, 0.1) is 24.4 Å². The fourth-order valence-corrected chi connectivity index (χ4v) is 2.67. The highest BCUT2D eigenvalue weighted by Crippen LogP contribution is 2.17. The van der Waals surface area contributed by atoms with E-state index in [9.17, 15) is 4.79 Å². The van der Waals surface area contributed by atoms with E-state index in [0.717, 1.165) is 17.0 Å². The van der Waals surface area contributed by atoms with Gasteiger partial charge in [0.1, 0.15) is 5.76 Å². The van der Waals surface area contributed by atoms with Gasteiger partial charge in [0, 0.05) is 18.9 Å². The van der Waals surface area contributed by atoms with Crippen LogP contribution >= 0.6 is 0 Å². The summed E-state index contributed by atoms with van der Waals surface area (Å²) in [5.74, 6) is 0.833. The molecule has 25 heavy (non-hydrogen) atoms. The molecule has 0 radical (unpaired) electrons. The fraction of sp³-hybridized carbons (Fsp3) is 0.263. The minimum atomic E-state index is -0.00903. The molecule has 1 aromatic carbocycles. The first-order valence-electron chi connectivity index (χ1n) is 8.19. The number of likely N-dealkylation sites (N-methyl/N-ethyl adjacent to an activating group) is 1. The highest BCUT2D eigenvalue weighted by Gasteiger charge is 2.17. The van der Waals surface area contributed by atoms with Gasteiger partial charge in [-0.05, 0) is 50.0 Å². The average Bonchev–Trinajstić information content (AvgIpc) is 3.29. The summed E-state index contributed by atoms with van der Waals surface area (Å²) >= 11 is 0. The van der Waals surface area contributed by atoms with E-state index in [0.29, 0.717) is 13.0 Å². The van der Waals surface area contributed by atoms with Crippen LogP contribution < -0.4 is 5.32 Å². The topological polar surface area (TPSA) is 63.3 Å². The molecule has 0 aliphatic rings. The van der Waals surface area contributed by atoms with Crippen LogP contribution in [-0.2, 0) is 11.2 Å². The Morgan fingerprint density at radius 1 is 1.24 bits per heavy atom. The first kappa shape index (κ1) is 17.0. The number of amides is 1. The second-order valence-corrected chi connectivity index (χ2v) is 6.09. The van der Waals surface area contributed by atoms with Crippen molar-refractivity contribution in [3.63, 3.8) is 0 Å². The van der Waals surface area contributed by atoms with Gasteiger partial charge in [0.25, 0.3) is 0 Å². The van der Waals surface area contributed by atoms with Crippen molar-refractivity contribution in [1.29, 1.82) is 0 Å². The molecule has 1 unspecified atom stereocenters. The third-order valence-corrected chi connectivity index (χ3v) is 4.06. The molecule has 0 fully saturated rings. The predicted octanol–water partition coefficient (Wildman–Crippen LogP) is 2.43. The minimum Gasteiger partial charge on any atom is -0.468 e. The number of rotatable bonds is 7. The number of hydrogen-bond acceptors (Lipinski definition) is 4. The lowest BCUT2D eigenvalue weighted by Crippen LogP contribution is -2.35. The van der Waals surface area contributed by atoms with E-state index in [1.807, 2.05) is 67.7 Å². The zero-order chi connectivity index (χ0) is 17.6. The van der Waals surface area contributed by atoms with Crippen molar-refractivity contribution in [3.8, 4) is 5.69 Å². The molecule has 0 aliphatic carbocycles. The summed E-state index contributed by atoms with van der Waals surface area (Å²) in [6, 6.07) is 13.5. The van der Waals surface area contributed by atoms with Gasteiger partial charge < -0.3 is 9.73 Å². The van der Waals surface area contributed by atoms with Crippen LogP contribution in [0.1, 0.15) is 17.4 Å². The number of nitrogens with zero attached hydrogens (tertiary/aromatic N) is 3. The second-order valence-electron chi connectivity index (χ2n) is 6.09. The van der Waals surface area contributed by atoms with Crippen molar-refractivity contribution >= 4 is 5.91 Å². The Bertz CT molecular complexity index is 777. The first-order chi connectivity index (χ1) is 12.1. The van der Waals surface area contributed by atoms with Gasteiger partial charge in [-0.3, -0.25) is 9.69 Å². The maximum Gasteiger partial charge on any atom is 0.224 e. The Labute approximate surface area is 147 Å². The highest BCUT2D eigenvalue weighted by atomic mass is 16.3. The average molecular weight is 338 g/mol. The molecule has 6 nitrogen and oxygen atoms in total. The van der Waals surface area contributed by atoms with E-state index in [4.69, 9.17) is 4.42 Å². The van der Waals surface area contributed by atoms with Crippen molar-refractivity contribution in [1.82, 2.24) is 20.0 Å². The number of benzene rings is 1. The van der Waals surface area contributed by atoms with E-state index in [1.54, 1.807) is 17.1 Å². The monoisotopic (exact) mass is 338 g/mol. The summed E-state index contributed by atoms with van der Waals surface area (Å²) in [6.45, 7) is 0.505. The van der Waals surface area contributed by atoms with Crippen LogP contribution in [0.3, 0.4) is 0 Å². The number of nitrogens with one attached hydrogen (secondary N) is 1. The standard InChI is InChI=1S/C19H22N4O2/c1-22(2)17(18-5-3-12-25-18)14-20-19(24)13-15-6-8-16(9-7-15)23-11-4-10-21-23/h3-12,17H,13-14H2,1-2H3,(H,20,24). The van der Waals surface area contributed by atoms with Crippen molar-refractivity contribution in [2.45, 2.75) is 12.5 Å². The second kappa shape index (κ2) is 7.81. The third-order valence-electron chi connectivity index (χ3n) is 4.06. The third kappa shape index (κ3) is 4.36. The van der Waals surface area contributed by atoms with Crippen molar-refractivity contribution in [3.05, 3.63) is 72.4 Å². The molecule has 6 heteroatoms. The summed E-state index contributed by atoms with van der Waals surface area (Å²) in [4.78, 5) is 14.3. The van der Waals surface area contributed by atoms with Crippen molar-refractivity contribution in [2.24, 2.45) is 0 Å². The lowest BCUT2D eigenvalue weighted by atomic mass is 10.1. The number of furan rings is 1. The van der Waals surface area contributed by atoms with Crippen LogP contribution in [0.15, 0.2) is 65.5 Å². The van der Waals surface area contributed by atoms with Crippen LogP contribution in [0.4, 0.5) is 0 Å². The lowest BCUT2D eigenvalue weighted by molar-refractivity contribution is -0.120. The smallest absolute Gasteiger partial charge is 0.224 e. The Hall–Kier alpha value is -2.86. The highest BCUT2D eigenvalue weighted by molar-refractivity contribution is 5.78. The van der Waals surface area contributed by atoms with Crippen molar-refractivity contribution < 1.29 is 9.21 Å². The molecule has 2 aromatic heterocycles. The minimum absolute atomic E-state index is 0.00903. The molecule has 2 heterocycles. The van der Waals surface area contributed by atoms with Gasteiger partial charge >= 0.3 is 0 Å². The number of carbonyl (C=O) groups is 1. The molecule has 3 rings (SSSR count). The molecule has 0 saturated carbocycles. The molecule has 0 saturated heterocycles. The molecular formula is C19H22N4O2. The van der Waals surface area contributed by atoms with Gasteiger partial charge in [-0.15, -0.1) is 0 Å². The zero-order valence-electron chi connectivity index (χ0n) is 14.4. The molecule has 1 atom stereocenters. The predicted molar refractivity (Wildman–Crippen MR) is 95.4 cm³/mol. The molecule has 0 aliphatic heterocycles. The van der Waals surface area contributed by atoms with E-state index < -0.39 is 0 Å². The van der Waals surface area contributed by atoms with Crippen LogP contribution in [-0.4, -0.2) is 41.2 Å². The molecule has 3 aromatic rings. The van der Waals surface area contributed by atoms with Gasteiger partial charge in [0.2, 0.25) is 5.91 Å². The van der Waals surface area contributed by atoms with Gasteiger partial charge in [-0.25, -0.2) is 4.68 Å². The summed E-state index contributed by atoms with van der Waals surface area (Å²) < 4.78 is 7.24. The maximum absolute atomic E-state index is 12.2. The van der Waals surface area contributed by atoms with E-state index in [2.05, 4.69) is 10.4 Å². The molecule has 130 valence electrons. The van der Waals surface area contributed by atoms with E-state index >= 15 is 0 Å². The van der Waals surface area contributed by atoms with E-state index in [-0.39, 0.29) is 11.9 Å². The van der Waals surface area contributed by atoms with Gasteiger partial charge in [0.15, 0.2) is 0 Å².